The number of aromatic nitrogens is 3. The Morgan fingerprint density at radius 1 is 1.17 bits per heavy atom. The highest BCUT2D eigenvalue weighted by molar-refractivity contribution is 6.12. The van der Waals surface area contributed by atoms with Gasteiger partial charge in [0, 0.05) is 30.4 Å². The van der Waals surface area contributed by atoms with Gasteiger partial charge in [0.05, 0.1) is 23.2 Å². The van der Waals surface area contributed by atoms with Crippen molar-refractivity contribution in [3.63, 3.8) is 0 Å². The Balaban J connectivity index is 1.38. The van der Waals surface area contributed by atoms with Crippen LogP contribution in [0.2, 0.25) is 0 Å². The van der Waals surface area contributed by atoms with Gasteiger partial charge in [-0.2, -0.15) is 5.10 Å². The smallest absolute Gasteiger partial charge is 0.256 e. The van der Waals surface area contributed by atoms with Crippen LogP contribution < -0.4 is 10.6 Å². The molecule has 6 rings (SSSR count). The van der Waals surface area contributed by atoms with Crippen molar-refractivity contribution < 1.29 is 4.79 Å². The van der Waals surface area contributed by atoms with Gasteiger partial charge >= 0.3 is 0 Å². The number of rotatable bonds is 5. The number of carbonyl (C=O) groups excluding carboxylic acids is 1. The number of nitrogens with one attached hydrogen (secondary N) is 2. The monoisotopic (exact) mass is 387 g/mol. The minimum absolute atomic E-state index is 0.0798. The molecule has 0 unspecified atom stereocenters. The Bertz CT molecular complexity index is 1130. The van der Waals surface area contributed by atoms with Gasteiger partial charge in [-0.25, -0.2) is 9.67 Å². The second-order valence-electron chi connectivity index (χ2n) is 8.81. The van der Waals surface area contributed by atoms with Gasteiger partial charge in [-0.3, -0.25) is 4.79 Å². The maximum Gasteiger partial charge on any atom is 0.256 e. The van der Waals surface area contributed by atoms with Crippen molar-refractivity contribution in [2.24, 2.45) is 5.92 Å². The third-order valence-electron chi connectivity index (χ3n) is 6.61. The predicted octanol–water partition coefficient (Wildman–Crippen LogP) is 4.14. The topological polar surface area (TPSA) is 71.8 Å². The zero-order valence-corrected chi connectivity index (χ0v) is 16.6. The quantitative estimate of drug-likeness (QED) is 0.690. The van der Waals surface area contributed by atoms with Gasteiger partial charge in [0.15, 0.2) is 5.65 Å². The van der Waals surface area contributed by atoms with Crippen LogP contribution in [0.3, 0.4) is 0 Å². The molecule has 29 heavy (non-hydrogen) atoms. The van der Waals surface area contributed by atoms with E-state index < -0.39 is 0 Å². The van der Waals surface area contributed by atoms with E-state index in [-0.39, 0.29) is 5.91 Å². The van der Waals surface area contributed by atoms with Crippen LogP contribution in [-0.4, -0.2) is 20.7 Å². The van der Waals surface area contributed by atoms with Crippen molar-refractivity contribution in [2.45, 2.75) is 57.7 Å². The number of pyridine rings is 1. The summed E-state index contributed by atoms with van der Waals surface area (Å²) in [5.41, 5.74) is 5.98. The van der Waals surface area contributed by atoms with E-state index >= 15 is 0 Å². The van der Waals surface area contributed by atoms with Crippen LogP contribution in [0.4, 0.5) is 5.69 Å². The maximum absolute atomic E-state index is 13.3. The Morgan fingerprint density at radius 3 is 2.79 bits per heavy atom. The molecule has 148 valence electrons. The fourth-order valence-electron chi connectivity index (χ4n) is 4.46. The number of anilines is 1. The van der Waals surface area contributed by atoms with Crippen molar-refractivity contribution >= 4 is 22.6 Å². The van der Waals surface area contributed by atoms with Gasteiger partial charge in [-0.1, -0.05) is 6.07 Å². The van der Waals surface area contributed by atoms with E-state index in [1.807, 2.05) is 23.0 Å². The number of fused-ring (bicyclic) bond motifs is 2. The first-order valence-corrected chi connectivity index (χ1v) is 10.7. The lowest BCUT2D eigenvalue weighted by molar-refractivity contribution is 0.102. The first-order chi connectivity index (χ1) is 14.2. The molecule has 0 spiro atoms. The van der Waals surface area contributed by atoms with Gasteiger partial charge in [0.2, 0.25) is 0 Å². The minimum atomic E-state index is -0.0798. The summed E-state index contributed by atoms with van der Waals surface area (Å²) in [6.45, 7) is 3.97. The molecule has 2 fully saturated rings. The molecule has 3 aliphatic rings. The highest BCUT2D eigenvalue weighted by Gasteiger charge is 2.33. The van der Waals surface area contributed by atoms with Crippen LogP contribution in [0.5, 0.6) is 0 Å². The first-order valence-electron chi connectivity index (χ1n) is 10.7. The standard InChI is InChI=1S/C23H25N5O/c1-13(14-2-3-14)28-22-20(12-25-28)19(9-21(27-22)15-4-5-15)23(29)26-18-7-6-16-10-24-11-17(16)8-18/h6-9,12-15,24H,2-5,10-11H2,1H3,(H,26,29)/t13-/m1/s1. The van der Waals surface area contributed by atoms with Gasteiger partial charge in [-0.05, 0) is 67.9 Å². The Hall–Kier alpha value is -2.73. The summed E-state index contributed by atoms with van der Waals surface area (Å²) in [7, 11) is 0. The van der Waals surface area contributed by atoms with Crippen LogP contribution in [-0.2, 0) is 13.1 Å². The predicted molar refractivity (Wildman–Crippen MR) is 112 cm³/mol. The lowest BCUT2D eigenvalue weighted by Gasteiger charge is -2.13. The molecule has 0 radical (unpaired) electrons. The van der Waals surface area contributed by atoms with Crippen LogP contribution in [0.1, 0.15) is 71.7 Å². The molecule has 0 saturated heterocycles. The number of benzene rings is 1. The fraction of sp³-hybridized carbons (Fsp3) is 0.435. The number of amides is 1. The van der Waals surface area contributed by atoms with E-state index in [9.17, 15) is 4.79 Å². The molecule has 6 nitrogen and oxygen atoms in total. The third-order valence-corrected chi connectivity index (χ3v) is 6.61. The van der Waals surface area contributed by atoms with E-state index in [1.165, 1.54) is 24.0 Å². The largest absolute Gasteiger partial charge is 0.322 e. The summed E-state index contributed by atoms with van der Waals surface area (Å²) in [4.78, 5) is 18.2. The van der Waals surface area contributed by atoms with E-state index in [0.717, 1.165) is 48.3 Å². The van der Waals surface area contributed by atoms with E-state index in [1.54, 1.807) is 0 Å². The average molecular weight is 387 g/mol. The van der Waals surface area contributed by atoms with Crippen molar-refractivity contribution in [1.29, 1.82) is 0 Å². The Morgan fingerprint density at radius 2 is 2.00 bits per heavy atom. The van der Waals surface area contributed by atoms with Gasteiger partial charge in [0.25, 0.3) is 5.91 Å². The summed E-state index contributed by atoms with van der Waals surface area (Å²) in [6.07, 6.45) is 6.64. The zero-order chi connectivity index (χ0) is 19.5. The molecule has 2 aromatic heterocycles. The summed E-state index contributed by atoms with van der Waals surface area (Å²) in [5, 5.41) is 11.9. The molecule has 3 heterocycles. The third kappa shape index (κ3) is 3.02. The Labute approximate surface area is 169 Å². The summed E-state index contributed by atoms with van der Waals surface area (Å²) < 4.78 is 2.04. The minimum Gasteiger partial charge on any atom is -0.322 e. The number of carbonyl (C=O) groups is 1. The molecule has 1 aliphatic heterocycles. The molecule has 2 N–H and O–H groups in total. The van der Waals surface area contributed by atoms with E-state index in [2.05, 4.69) is 34.8 Å². The number of hydrogen-bond donors (Lipinski definition) is 2. The van der Waals surface area contributed by atoms with Crippen LogP contribution >= 0.6 is 0 Å². The Kier molecular flexibility index (Phi) is 3.78. The SMILES string of the molecule is C[C@H](C1CC1)n1ncc2c(C(=O)Nc3ccc4c(c3)CNC4)cc(C3CC3)nc21. The fourth-order valence-corrected chi connectivity index (χ4v) is 4.46. The summed E-state index contributed by atoms with van der Waals surface area (Å²) >= 11 is 0. The van der Waals surface area contributed by atoms with Crippen LogP contribution in [0.15, 0.2) is 30.5 Å². The molecule has 0 bridgehead atoms. The molecule has 1 aromatic carbocycles. The molecular weight excluding hydrogens is 362 g/mol. The lowest BCUT2D eigenvalue weighted by atomic mass is 10.1. The summed E-state index contributed by atoms with van der Waals surface area (Å²) in [5.74, 6) is 1.09. The number of nitrogens with zero attached hydrogens (tertiary/aromatic N) is 3. The molecular formula is C23H25N5O. The maximum atomic E-state index is 13.3. The van der Waals surface area contributed by atoms with Gasteiger partial charge in [0.1, 0.15) is 0 Å². The highest BCUT2D eigenvalue weighted by atomic mass is 16.1. The summed E-state index contributed by atoms with van der Waals surface area (Å²) in [6, 6.07) is 8.47. The molecule has 1 amide bonds. The molecule has 6 heteroatoms. The van der Waals surface area contributed by atoms with Crippen molar-refractivity contribution in [3.05, 3.63) is 52.8 Å². The highest BCUT2D eigenvalue weighted by Crippen LogP contribution is 2.42. The molecule has 2 saturated carbocycles. The first kappa shape index (κ1) is 17.2. The van der Waals surface area contributed by atoms with Crippen LogP contribution in [0, 0.1) is 5.92 Å². The van der Waals surface area contributed by atoms with Gasteiger partial charge in [-0.15, -0.1) is 0 Å². The second-order valence-corrected chi connectivity index (χ2v) is 8.81. The van der Waals surface area contributed by atoms with Crippen LogP contribution in [0.25, 0.3) is 11.0 Å². The molecule has 2 aliphatic carbocycles. The normalized spacial score (nSPS) is 19.3. The van der Waals surface area contributed by atoms with E-state index in [0.29, 0.717) is 23.4 Å². The van der Waals surface area contributed by atoms with Crippen molar-refractivity contribution in [2.75, 3.05) is 5.32 Å². The van der Waals surface area contributed by atoms with E-state index in [4.69, 9.17) is 4.98 Å². The van der Waals surface area contributed by atoms with Gasteiger partial charge < -0.3 is 10.6 Å². The molecule has 1 atom stereocenters. The lowest BCUT2D eigenvalue weighted by Crippen LogP contribution is -2.14. The van der Waals surface area contributed by atoms with Crippen molar-refractivity contribution in [3.8, 4) is 0 Å². The second kappa shape index (κ2) is 6.39. The number of hydrogen-bond acceptors (Lipinski definition) is 4. The zero-order valence-electron chi connectivity index (χ0n) is 16.6. The average Bonchev–Trinajstić information content (AvgIpc) is 3.65. The molecule has 3 aromatic rings. The van der Waals surface area contributed by atoms with Crippen molar-refractivity contribution in [1.82, 2.24) is 20.1 Å².